The Morgan fingerprint density at radius 1 is 1.14 bits per heavy atom. The van der Waals surface area contributed by atoms with E-state index in [1.807, 2.05) is 0 Å². The summed E-state index contributed by atoms with van der Waals surface area (Å²) in [6.45, 7) is 1.87. The van der Waals surface area contributed by atoms with Crippen molar-refractivity contribution >= 4 is 22.6 Å². The molecule has 7 rings (SSSR count). The molecule has 3 aromatic heterocycles. The van der Waals surface area contributed by atoms with Crippen LogP contribution in [0.3, 0.4) is 0 Å². The number of hydrogen-bond acceptors (Lipinski definition) is 6. The number of nitrogens with zero attached hydrogens (tertiary/aromatic N) is 4. The molecule has 2 aliphatic rings. The summed E-state index contributed by atoms with van der Waals surface area (Å²) in [5.41, 5.74) is 3.19. The van der Waals surface area contributed by atoms with Crippen LogP contribution in [0.15, 0.2) is 48.5 Å². The Labute approximate surface area is 285 Å². The lowest BCUT2D eigenvalue weighted by molar-refractivity contribution is -0.142. The van der Waals surface area contributed by atoms with Crippen molar-refractivity contribution in [3.8, 4) is 23.0 Å². The van der Waals surface area contributed by atoms with E-state index in [1.54, 1.807) is 24.3 Å². The van der Waals surface area contributed by atoms with Gasteiger partial charge in [-0.05, 0) is 74.4 Å². The van der Waals surface area contributed by atoms with E-state index in [9.17, 15) is 31.9 Å². The number of nitrogens with one attached hydrogen (secondary N) is 2. The Bertz CT molecular complexity index is 2260. The molecule has 16 heteroatoms. The number of pyridine rings is 1. The van der Waals surface area contributed by atoms with E-state index in [-0.39, 0.29) is 35.6 Å². The number of aromatic nitrogens is 5. The summed E-state index contributed by atoms with van der Waals surface area (Å²) in [5.74, 6) is -3.25. The van der Waals surface area contributed by atoms with Gasteiger partial charge in [0.15, 0.2) is 11.5 Å². The van der Waals surface area contributed by atoms with Gasteiger partial charge in [-0.3, -0.25) is 14.6 Å². The number of carbonyl (C=O) groups is 1. The van der Waals surface area contributed by atoms with Gasteiger partial charge in [0.25, 0.3) is 5.92 Å². The molecule has 3 heterocycles. The van der Waals surface area contributed by atoms with Crippen LogP contribution in [-0.2, 0) is 29.9 Å². The van der Waals surface area contributed by atoms with Gasteiger partial charge in [-0.25, -0.2) is 13.8 Å². The topological polar surface area (TPSA) is 135 Å². The summed E-state index contributed by atoms with van der Waals surface area (Å²) in [6, 6.07) is 9.67. The molecule has 0 radical (unpaired) electrons. The molecule has 51 heavy (non-hydrogen) atoms. The van der Waals surface area contributed by atoms with Crippen molar-refractivity contribution in [2.45, 2.75) is 62.9 Å². The van der Waals surface area contributed by atoms with Gasteiger partial charge in [0.1, 0.15) is 35.2 Å². The number of fused-ring (bicyclic) bond motifs is 4. The summed E-state index contributed by atoms with van der Waals surface area (Å²) >= 11 is 0. The first-order chi connectivity index (χ1) is 23.9. The third-order valence-electron chi connectivity index (χ3n) is 8.86. The first-order valence-electron chi connectivity index (χ1n) is 15.7. The van der Waals surface area contributed by atoms with E-state index in [1.165, 1.54) is 19.9 Å². The summed E-state index contributed by atoms with van der Waals surface area (Å²) in [5, 5.41) is 23.7. The lowest BCUT2D eigenvalue weighted by atomic mass is 9.93. The predicted octanol–water partition coefficient (Wildman–Crippen LogP) is 6.13. The first kappa shape index (κ1) is 34.0. The minimum Gasteiger partial charge on any atom is -0.382 e. The van der Waals surface area contributed by atoms with Crippen molar-refractivity contribution in [1.82, 2.24) is 30.3 Å². The molecule has 0 aliphatic heterocycles. The molecule has 9 nitrogen and oxygen atoms in total. The van der Waals surface area contributed by atoms with E-state index >= 15 is 8.78 Å². The fourth-order valence-electron chi connectivity index (χ4n) is 6.69. The Kier molecular flexibility index (Phi) is 7.90. The highest BCUT2D eigenvalue weighted by molar-refractivity contribution is 5.99. The standard InChI is InChI=1S/C35H28F7N7O2/c1-33(2,51)9-8-19-6-7-21(20-4-3-5-22-28(20)46-47-32(22)43)29(44-19)25(12-16-10-17(36)13-18(37)11-16)45-26(50)15-49-31-27(30(48-49)35(40,41)42)23-14-24(23)34(31,38)39/h3-7,10-11,13,23-25,51H,12,14-15H2,1-2H3,(H,45,50)(H3,43,46,47)/t23-,24+,25-/m0/s1. The Morgan fingerprint density at radius 2 is 1.86 bits per heavy atom. The van der Waals surface area contributed by atoms with Crippen molar-refractivity contribution < 1.29 is 40.6 Å². The van der Waals surface area contributed by atoms with Crippen molar-refractivity contribution in [2.75, 3.05) is 5.73 Å². The largest absolute Gasteiger partial charge is 0.435 e. The maximum Gasteiger partial charge on any atom is 0.435 e. The van der Waals surface area contributed by atoms with Gasteiger partial charge < -0.3 is 16.2 Å². The molecule has 1 saturated carbocycles. The zero-order chi connectivity index (χ0) is 36.6. The van der Waals surface area contributed by atoms with Crippen LogP contribution in [0, 0.1) is 29.4 Å². The van der Waals surface area contributed by atoms with Gasteiger partial charge in [-0.15, -0.1) is 0 Å². The minimum atomic E-state index is -5.04. The van der Waals surface area contributed by atoms with E-state index in [4.69, 9.17) is 5.73 Å². The summed E-state index contributed by atoms with van der Waals surface area (Å²) in [7, 11) is 0. The molecule has 3 atom stereocenters. The van der Waals surface area contributed by atoms with E-state index in [0.717, 1.165) is 12.1 Å². The summed E-state index contributed by atoms with van der Waals surface area (Å²) in [4.78, 5) is 18.4. The van der Waals surface area contributed by atoms with Gasteiger partial charge >= 0.3 is 6.18 Å². The number of amides is 1. The van der Waals surface area contributed by atoms with Crippen LogP contribution in [-0.4, -0.2) is 41.6 Å². The molecule has 5 aromatic rings. The van der Waals surface area contributed by atoms with Crippen LogP contribution in [0.4, 0.5) is 36.6 Å². The zero-order valence-corrected chi connectivity index (χ0v) is 26.8. The van der Waals surface area contributed by atoms with Gasteiger partial charge in [-0.2, -0.15) is 32.1 Å². The number of benzene rings is 2. The highest BCUT2D eigenvalue weighted by Crippen LogP contribution is 2.68. The quantitative estimate of drug-likeness (QED) is 0.119. The number of para-hydroxylation sites is 1. The van der Waals surface area contributed by atoms with Crippen LogP contribution in [0.5, 0.6) is 0 Å². The van der Waals surface area contributed by atoms with Gasteiger partial charge in [-0.1, -0.05) is 18.1 Å². The van der Waals surface area contributed by atoms with Crippen molar-refractivity contribution in [3.63, 3.8) is 0 Å². The lowest BCUT2D eigenvalue weighted by Crippen LogP contribution is -2.35. The smallest absolute Gasteiger partial charge is 0.382 e. The number of carbonyl (C=O) groups excluding carboxylic acids is 1. The average Bonchev–Trinajstić information content (AvgIpc) is 3.53. The Hall–Kier alpha value is -5.43. The fourth-order valence-corrected chi connectivity index (χ4v) is 6.69. The number of nitrogens with two attached hydrogens (primary N) is 1. The van der Waals surface area contributed by atoms with E-state index in [2.05, 4.69) is 37.4 Å². The molecule has 0 bridgehead atoms. The number of aromatic amines is 1. The second-order valence-corrected chi connectivity index (χ2v) is 13.2. The second-order valence-electron chi connectivity index (χ2n) is 13.2. The first-order valence-corrected chi connectivity index (χ1v) is 15.7. The normalized spacial score (nSPS) is 18.2. The molecule has 2 aliphatic carbocycles. The van der Waals surface area contributed by atoms with E-state index < -0.39 is 76.6 Å². The Balaban J connectivity index is 1.34. The molecule has 0 spiro atoms. The molecule has 0 unspecified atom stereocenters. The van der Waals surface area contributed by atoms with Crippen LogP contribution >= 0.6 is 0 Å². The third-order valence-corrected chi connectivity index (χ3v) is 8.86. The number of H-pyrrole nitrogens is 1. The van der Waals surface area contributed by atoms with Crippen molar-refractivity contribution in [3.05, 3.63) is 94.1 Å². The highest BCUT2D eigenvalue weighted by atomic mass is 19.4. The fraction of sp³-hybridized carbons (Fsp3) is 0.314. The predicted molar refractivity (Wildman–Crippen MR) is 170 cm³/mol. The molecule has 1 fully saturated rings. The second kappa shape index (κ2) is 11.8. The molecule has 2 aromatic carbocycles. The van der Waals surface area contributed by atoms with E-state index in [0.29, 0.717) is 32.8 Å². The summed E-state index contributed by atoms with van der Waals surface area (Å²) < 4.78 is 101. The van der Waals surface area contributed by atoms with Crippen LogP contribution in [0.25, 0.3) is 22.0 Å². The zero-order valence-electron chi connectivity index (χ0n) is 26.8. The molecule has 5 N–H and O–H groups in total. The number of nitrogen functional groups attached to an aromatic ring is 1. The molecule has 264 valence electrons. The molecular weight excluding hydrogens is 683 g/mol. The monoisotopic (exact) mass is 711 g/mol. The number of alkyl halides is 5. The van der Waals surface area contributed by atoms with Crippen molar-refractivity contribution in [2.24, 2.45) is 5.92 Å². The maximum absolute atomic E-state index is 15.3. The number of anilines is 1. The number of halogens is 7. The molecule has 0 saturated heterocycles. The number of aliphatic hydroxyl groups is 1. The van der Waals surface area contributed by atoms with Crippen LogP contribution in [0.1, 0.15) is 66.1 Å². The van der Waals surface area contributed by atoms with Crippen LogP contribution < -0.4 is 11.1 Å². The molecule has 1 amide bonds. The van der Waals surface area contributed by atoms with Gasteiger partial charge in [0, 0.05) is 34.1 Å². The molecular formula is C35H28F7N7O2. The Morgan fingerprint density at radius 3 is 2.55 bits per heavy atom. The summed E-state index contributed by atoms with van der Waals surface area (Å²) in [6.07, 6.45) is -5.47. The lowest BCUT2D eigenvalue weighted by Gasteiger charge is -2.23. The van der Waals surface area contributed by atoms with Gasteiger partial charge in [0.2, 0.25) is 5.91 Å². The van der Waals surface area contributed by atoms with Crippen molar-refractivity contribution in [1.29, 1.82) is 0 Å². The highest BCUT2D eigenvalue weighted by Gasteiger charge is 2.68. The van der Waals surface area contributed by atoms with Crippen LogP contribution in [0.2, 0.25) is 0 Å². The minimum absolute atomic E-state index is 0.0634. The van der Waals surface area contributed by atoms with Gasteiger partial charge in [0.05, 0.1) is 17.3 Å². The third kappa shape index (κ3) is 6.37. The number of hydrogen-bond donors (Lipinski definition) is 4. The average molecular weight is 712 g/mol. The number of rotatable bonds is 7. The SMILES string of the molecule is CC(C)(O)C#Cc1ccc(-c2cccc3c(N)n[nH]c23)c([C@H](Cc2cc(F)cc(F)c2)NC(=O)Cn2nc(C(F)(F)F)c3c2C(F)(F)[C@@H]2C[C@H]32)n1. The maximum atomic E-state index is 15.3.